The Morgan fingerprint density at radius 3 is 2.53 bits per heavy atom. The molecule has 0 bridgehead atoms. The molecule has 0 aromatic heterocycles. The molecule has 17 heavy (non-hydrogen) atoms. The minimum atomic E-state index is -4.26. The fraction of sp³-hybridized carbons (Fsp3) is 0.222. The predicted molar refractivity (Wildman–Crippen MR) is 60.3 cm³/mol. The molecule has 94 valence electrons. The van der Waals surface area contributed by atoms with Gasteiger partial charge in [0, 0.05) is 12.7 Å². The van der Waals surface area contributed by atoms with E-state index in [0.29, 0.717) is 5.56 Å². The number of sulfonamides is 1. The Bertz CT molecular complexity index is 557. The Balaban J connectivity index is 3.25. The Labute approximate surface area is 98.1 Å². The molecule has 0 aliphatic rings. The Hall–Kier alpha value is -1.83. The highest BCUT2D eigenvalue weighted by Gasteiger charge is 2.22. The number of hydrogen-bond donors (Lipinski definition) is 3. The van der Waals surface area contributed by atoms with Crippen molar-refractivity contribution in [3.05, 3.63) is 23.5 Å². The third-order valence-electron chi connectivity index (χ3n) is 2.06. The van der Waals surface area contributed by atoms with E-state index in [0.717, 1.165) is 12.1 Å². The van der Waals surface area contributed by atoms with Crippen LogP contribution in [0.3, 0.4) is 0 Å². The molecule has 0 radical (unpaired) electrons. The average Bonchev–Trinajstić information content (AvgIpc) is 2.22. The minimum absolute atomic E-state index is 0.128. The lowest BCUT2D eigenvalue weighted by atomic mass is 10.2. The van der Waals surface area contributed by atoms with Gasteiger partial charge in [-0.3, -0.25) is 0 Å². The lowest BCUT2D eigenvalue weighted by Crippen LogP contribution is -2.37. The van der Waals surface area contributed by atoms with Gasteiger partial charge in [0.2, 0.25) is 0 Å². The molecule has 6 nitrogen and oxygen atoms in total. The van der Waals surface area contributed by atoms with Crippen LogP contribution in [0, 0.1) is 12.7 Å². The fourth-order valence-corrected chi connectivity index (χ4v) is 2.16. The highest BCUT2D eigenvalue weighted by Crippen LogP contribution is 2.21. The van der Waals surface area contributed by atoms with Gasteiger partial charge in [-0.2, -0.15) is 0 Å². The summed E-state index contributed by atoms with van der Waals surface area (Å²) in [6.45, 7) is 1.54. The molecule has 1 aromatic rings. The van der Waals surface area contributed by atoms with Crippen molar-refractivity contribution in [3.63, 3.8) is 0 Å². The van der Waals surface area contributed by atoms with Crippen LogP contribution in [0.15, 0.2) is 17.0 Å². The lowest BCUT2D eigenvalue weighted by molar-refractivity contribution is 0.247. The van der Waals surface area contributed by atoms with Crippen molar-refractivity contribution >= 4 is 21.7 Å². The molecule has 1 aromatic carbocycles. The molecule has 8 heteroatoms. The van der Waals surface area contributed by atoms with Crippen molar-refractivity contribution in [1.82, 2.24) is 10.0 Å². The second kappa shape index (κ2) is 4.58. The first-order valence-electron chi connectivity index (χ1n) is 4.58. The number of amides is 2. The van der Waals surface area contributed by atoms with Crippen LogP contribution in [0.1, 0.15) is 5.56 Å². The van der Waals surface area contributed by atoms with Crippen LogP contribution in [-0.4, -0.2) is 21.5 Å². The monoisotopic (exact) mass is 261 g/mol. The number of carbonyl (C=O) groups is 1. The molecule has 4 N–H and O–H groups in total. The highest BCUT2D eigenvalue weighted by molar-refractivity contribution is 7.90. The summed E-state index contributed by atoms with van der Waals surface area (Å²) in [6.07, 6.45) is 0. The summed E-state index contributed by atoms with van der Waals surface area (Å²) in [6, 6.07) is 1.01. The molecule has 0 saturated heterocycles. The fourth-order valence-electron chi connectivity index (χ4n) is 1.10. The van der Waals surface area contributed by atoms with Gasteiger partial charge >= 0.3 is 6.03 Å². The highest BCUT2D eigenvalue weighted by atomic mass is 32.2. The van der Waals surface area contributed by atoms with Crippen molar-refractivity contribution in [2.24, 2.45) is 0 Å². The number of benzene rings is 1. The number of urea groups is 1. The first-order valence-corrected chi connectivity index (χ1v) is 6.06. The predicted octanol–water partition coefficient (Wildman–Crippen LogP) is 0.334. The summed E-state index contributed by atoms with van der Waals surface area (Å²) in [5.74, 6) is -0.965. The van der Waals surface area contributed by atoms with Gasteiger partial charge in [-0.15, -0.1) is 0 Å². The van der Waals surface area contributed by atoms with Crippen LogP contribution in [0.4, 0.5) is 14.9 Å². The maximum Gasteiger partial charge on any atom is 0.328 e. The van der Waals surface area contributed by atoms with Crippen LogP contribution in [0.2, 0.25) is 0 Å². The van der Waals surface area contributed by atoms with Crippen LogP contribution in [0.5, 0.6) is 0 Å². The van der Waals surface area contributed by atoms with E-state index in [1.165, 1.54) is 7.05 Å². The molecular weight excluding hydrogens is 249 g/mol. The van der Waals surface area contributed by atoms with E-state index < -0.39 is 26.8 Å². The number of nitrogens with one attached hydrogen (secondary N) is 2. The standard InChI is InChI=1S/C9H12FN3O3S/c1-5-3-6(10)8(4-7(5)11)17(15,16)13-9(14)12-2/h3-4H,11H2,1-2H3,(H2,12,13,14). The molecule has 0 fully saturated rings. The summed E-state index contributed by atoms with van der Waals surface area (Å²) in [4.78, 5) is 10.2. The third kappa shape index (κ3) is 2.84. The number of aryl methyl sites for hydroxylation is 1. The van der Waals surface area contributed by atoms with Crippen molar-refractivity contribution in [2.75, 3.05) is 12.8 Å². The second-order valence-corrected chi connectivity index (χ2v) is 4.97. The zero-order chi connectivity index (χ0) is 13.2. The number of nitrogens with two attached hydrogens (primary N) is 1. The van der Waals surface area contributed by atoms with Gasteiger partial charge in [-0.1, -0.05) is 0 Å². The molecule has 0 aliphatic heterocycles. The number of rotatable bonds is 2. The Morgan fingerprint density at radius 2 is 2.00 bits per heavy atom. The number of hydrogen-bond acceptors (Lipinski definition) is 4. The average molecular weight is 261 g/mol. The molecule has 0 heterocycles. The van der Waals surface area contributed by atoms with Crippen LogP contribution >= 0.6 is 0 Å². The smallest absolute Gasteiger partial charge is 0.328 e. The van der Waals surface area contributed by atoms with Gasteiger partial charge in [0.05, 0.1) is 0 Å². The Morgan fingerprint density at radius 1 is 1.41 bits per heavy atom. The van der Waals surface area contributed by atoms with E-state index >= 15 is 0 Å². The number of nitrogen functional groups attached to an aromatic ring is 1. The Kier molecular flexibility index (Phi) is 3.56. The summed E-state index contributed by atoms with van der Waals surface area (Å²) in [5.41, 5.74) is 6.04. The molecule has 0 spiro atoms. The quantitative estimate of drug-likeness (QED) is 0.668. The lowest BCUT2D eigenvalue weighted by Gasteiger charge is -2.09. The van der Waals surface area contributed by atoms with Gasteiger partial charge in [0.1, 0.15) is 10.7 Å². The third-order valence-corrected chi connectivity index (χ3v) is 3.41. The molecule has 0 atom stereocenters. The van der Waals surface area contributed by atoms with Gasteiger partial charge in [-0.05, 0) is 24.6 Å². The minimum Gasteiger partial charge on any atom is -0.398 e. The van der Waals surface area contributed by atoms with E-state index in [1.54, 1.807) is 11.6 Å². The maximum absolute atomic E-state index is 13.5. The van der Waals surface area contributed by atoms with Gasteiger partial charge in [0.15, 0.2) is 0 Å². The first-order chi connectivity index (χ1) is 7.77. The molecule has 0 aliphatic carbocycles. The number of halogens is 1. The van der Waals surface area contributed by atoms with Gasteiger partial charge < -0.3 is 11.1 Å². The van der Waals surface area contributed by atoms with Crippen molar-refractivity contribution in [2.45, 2.75) is 11.8 Å². The zero-order valence-electron chi connectivity index (χ0n) is 9.24. The van der Waals surface area contributed by atoms with E-state index in [1.807, 2.05) is 0 Å². The van der Waals surface area contributed by atoms with Crippen molar-refractivity contribution in [3.8, 4) is 0 Å². The van der Waals surface area contributed by atoms with Gasteiger partial charge in [0.25, 0.3) is 10.0 Å². The summed E-state index contributed by atoms with van der Waals surface area (Å²) >= 11 is 0. The van der Waals surface area contributed by atoms with Crippen molar-refractivity contribution < 1.29 is 17.6 Å². The molecular formula is C9H12FN3O3S. The first kappa shape index (κ1) is 13.2. The SMILES string of the molecule is CNC(=O)NS(=O)(=O)c1cc(N)c(C)cc1F. The van der Waals surface area contributed by atoms with Crippen LogP contribution in [0.25, 0.3) is 0 Å². The van der Waals surface area contributed by atoms with Crippen molar-refractivity contribution in [1.29, 1.82) is 0 Å². The van der Waals surface area contributed by atoms with E-state index in [4.69, 9.17) is 5.73 Å². The topological polar surface area (TPSA) is 101 Å². The molecule has 1 rings (SSSR count). The van der Waals surface area contributed by atoms with Crippen LogP contribution in [-0.2, 0) is 10.0 Å². The second-order valence-electron chi connectivity index (χ2n) is 3.32. The normalized spacial score (nSPS) is 11.0. The van der Waals surface area contributed by atoms with E-state index in [2.05, 4.69) is 5.32 Å². The van der Waals surface area contributed by atoms with E-state index in [-0.39, 0.29) is 5.69 Å². The summed E-state index contributed by atoms with van der Waals surface area (Å²) in [7, 11) is -3.02. The van der Waals surface area contributed by atoms with Crippen LogP contribution < -0.4 is 15.8 Å². The molecule has 2 amide bonds. The summed E-state index contributed by atoms with van der Waals surface area (Å²) in [5, 5.41) is 2.05. The molecule has 0 saturated carbocycles. The molecule has 0 unspecified atom stereocenters. The zero-order valence-corrected chi connectivity index (χ0v) is 10.1. The van der Waals surface area contributed by atoms with Gasteiger partial charge in [-0.25, -0.2) is 22.3 Å². The van der Waals surface area contributed by atoms with E-state index in [9.17, 15) is 17.6 Å². The number of carbonyl (C=O) groups excluding carboxylic acids is 1. The maximum atomic E-state index is 13.5. The summed E-state index contributed by atoms with van der Waals surface area (Å²) < 4.78 is 38.3. The number of anilines is 1. The largest absolute Gasteiger partial charge is 0.398 e.